The summed E-state index contributed by atoms with van der Waals surface area (Å²) < 4.78 is 22.3. The molecular weight excluding hydrogens is 330 g/mol. The standard InChI is InChI=1S/C21H27NO4/c1-4-24-21(25-5-2)15-22-14-18-11-12-19(23-3)20(13-18)26-16-17-9-7-6-8-10-17/h6-14,21H,4-5,15-16H2,1-3H3/b22-14+. The smallest absolute Gasteiger partial charge is 0.176 e. The van der Waals surface area contributed by atoms with Gasteiger partial charge in [0.1, 0.15) is 6.61 Å². The summed E-state index contributed by atoms with van der Waals surface area (Å²) in [6.45, 7) is 6.01. The van der Waals surface area contributed by atoms with Crippen molar-refractivity contribution in [2.75, 3.05) is 26.9 Å². The monoisotopic (exact) mass is 357 g/mol. The zero-order valence-electron chi connectivity index (χ0n) is 15.7. The van der Waals surface area contributed by atoms with Gasteiger partial charge < -0.3 is 18.9 Å². The van der Waals surface area contributed by atoms with Crippen LogP contribution in [0.4, 0.5) is 0 Å². The molecule has 0 aliphatic carbocycles. The molecule has 5 nitrogen and oxygen atoms in total. The maximum Gasteiger partial charge on any atom is 0.176 e. The number of hydrogen-bond donors (Lipinski definition) is 0. The fourth-order valence-electron chi connectivity index (χ4n) is 2.39. The van der Waals surface area contributed by atoms with Gasteiger partial charge in [-0.3, -0.25) is 4.99 Å². The van der Waals surface area contributed by atoms with Gasteiger partial charge >= 0.3 is 0 Å². The topological polar surface area (TPSA) is 49.3 Å². The van der Waals surface area contributed by atoms with E-state index in [4.69, 9.17) is 18.9 Å². The highest BCUT2D eigenvalue weighted by atomic mass is 16.7. The van der Waals surface area contributed by atoms with E-state index in [-0.39, 0.29) is 6.29 Å². The number of rotatable bonds is 11. The van der Waals surface area contributed by atoms with Crippen molar-refractivity contribution < 1.29 is 18.9 Å². The molecule has 0 amide bonds. The molecule has 0 atom stereocenters. The Labute approximate surface area is 155 Å². The van der Waals surface area contributed by atoms with Crippen molar-refractivity contribution in [3.05, 3.63) is 59.7 Å². The van der Waals surface area contributed by atoms with E-state index >= 15 is 0 Å². The van der Waals surface area contributed by atoms with Crippen molar-refractivity contribution in [2.24, 2.45) is 4.99 Å². The molecule has 0 aromatic heterocycles. The van der Waals surface area contributed by atoms with Gasteiger partial charge in [0.05, 0.1) is 13.7 Å². The number of methoxy groups -OCH3 is 1. The summed E-state index contributed by atoms with van der Waals surface area (Å²) in [4.78, 5) is 4.42. The number of aliphatic imine (C=N–C) groups is 1. The maximum atomic E-state index is 5.92. The molecule has 2 aromatic carbocycles. The Balaban J connectivity index is 2.01. The summed E-state index contributed by atoms with van der Waals surface area (Å²) in [5.41, 5.74) is 2.03. The lowest BCUT2D eigenvalue weighted by molar-refractivity contribution is -0.128. The molecule has 2 aromatic rings. The van der Waals surface area contributed by atoms with Crippen molar-refractivity contribution in [1.82, 2.24) is 0 Å². The third kappa shape index (κ3) is 6.50. The van der Waals surface area contributed by atoms with Crippen LogP contribution in [-0.4, -0.2) is 39.4 Å². The van der Waals surface area contributed by atoms with Crippen molar-refractivity contribution in [3.63, 3.8) is 0 Å². The lowest BCUT2D eigenvalue weighted by Gasteiger charge is -2.14. The molecule has 0 bridgehead atoms. The first-order valence-electron chi connectivity index (χ1n) is 8.84. The Hall–Kier alpha value is -2.37. The van der Waals surface area contributed by atoms with E-state index in [2.05, 4.69) is 4.99 Å². The van der Waals surface area contributed by atoms with Crippen LogP contribution in [0.3, 0.4) is 0 Å². The van der Waals surface area contributed by atoms with Crippen LogP contribution in [0.1, 0.15) is 25.0 Å². The fourth-order valence-corrected chi connectivity index (χ4v) is 2.39. The molecule has 0 saturated heterocycles. The predicted octanol–water partition coefficient (Wildman–Crippen LogP) is 4.09. The summed E-state index contributed by atoms with van der Waals surface area (Å²) >= 11 is 0. The summed E-state index contributed by atoms with van der Waals surface area (Å²) in [6, 6.07) is 15.8. The third-order valence-corrected chi connectivity index (χ3v) is 3.62. The molecule has 5 heteroatoms. The molecule has 0 N–H and O–H groups in total. The number of nitrogens with zero attached hydrogens (tertiary/aromatic N) is 1. The Morgan fingerprint density at radius 2 is 1.69 bits per heavy atom. The Kier molecular flexibility index (Phi) is 8.66. The quantitative estimate of drug-likeness (QED) is 0.449. The first kappa shape index (κ1) is 19.9. The number of hydrogen-bond acceptors (Lipinski definition) is 5. The van der Waals surface area contributed by atoms with Gasteiger partial charge in [-0.2, -0.15) is 0 Å². The zero-order chi connectivity index (χ0) is 18.6. The number of benzene rings is 2. The van der Waals surface area contributed by atoms with Gasteiger partial charge in [0.25, 0.3) is 0 Å². The average molecular weight is 357 g/mol. The molecule has 26 heavy (non-hydrogen) atoms. The van der Waals surface area contributed by atoms with E-state index in [1.54, 1.807) is 13.3 Å². The van der Waals surface area contributed by atoms with Crippen LogP contribution in [0.15, 0.2) is 53.5 Å². The van der Waals surface area contributed by atoms with Gasteiger partial charge in [-0.15, -0.1) is 0 Å². The van der Waals surface area contributed by atoms with Crippen molar-refractivity contribution in [1.29, 1.82) is 0 Å². The molecule has 0 unspecified atom stereocenters. The summed E-state index contributed by atoms with van der Waals surface area (Å²) in [5.74, 6) is 1.38. The van der Waals surface area contributed by atoms with Crippen LogP contribution in [0.2, 0.25) is 0 Å². The van der Waals surface area contributed by atoms with Gasteiger partial charge in [-0.05, 0) is 43.2 Å². The first-order chi connectivity index (χ1) is 12.8. The fraction of sp³-hybridized carbons (Fsp3) is 0.381. The van der Waals surface area contributed by atoms with Crippen LogP contribution < -0.4 is 9.47 Å². The van der Waals surface area contributed by atoms with Gasteiger partial charge in [-0.25, -0.2) is 0 Å². The normalized spacial score (nSPS) is 11.2. The van der Waals surface area contributed by atoms with Gasteiger partial charge in [0.2, 0.25) is 0 Å². The minimum atomic E-state index is -0.312. The molecular formula is C21H27NO4. The van der Waals surface area contributed by atoms with Crippen LogP contribution >= 0.6 is 0 Å². The molecule has 0 aliphatic heterocycles. The van der Waals surface area contributed by atoms with Gasteiger partial charge in [-0.1, -0.05) is 30.3 Å². The second-order valence-corrected chi connectivity index (χ2v) is 5.52. The number of ether oxygens (including phenoxy) is 4. The molecule has 0 saturated carbocycles. The highest BCUT2D eigenvalue weighted by Crippen LogP contribution is 2.28. The van der Waals surface area contributed by atoms with Crippen LogP contribution in [-0.2, 0) is 16.1 Å². The highest BCUT2D eigenvalue weighted by molar-refractivity contribution is 5.80. The lowest BCUT2D eigenvalue weighted by Crippen LogP contribution is -2.20. The molecule has 0 heterocycles. The highest BCUT2D eigenvalue weighted by Gasteiger charge is 2.07. The third-order valence-electron chi connectivity index (χ3n) is 3.62. The first-order valence-corrected chi connectivity index (χ1v) is 8.84. The second kappa shape index (κ2) is 11.3. The summed E-state index contributed by atoms with van der Waals surface area (Å²) in [6.07, 6.45) is 1.48. The molecule has 0 fully saturated rings. The Morgan fingerprint density at radius 1 is 0.962 bits per heavy atom. The largest absolute Gasteiger partial charge is 0.493 e. The summed E-state index contributed by atoms with van der Waals surface area (Å²) in [7, 11) is 1.63. The maximum absolute atomic E-state index is 5.92. The zero-order valence-corrected chi connectivity index (χ0v) is 15.7. The summed E-state index contributed by atoms with van der Waals surface area (Å²) in [5, 5.41) is 0. The molecule has 0 spiro atoms. The lowest BCUT2D eigenvalue weighted by atomic mass is 10.2. The van der Waals surface area contributed by atoms with Crippen molar-refractivity contribution in [3.8, 4) is 11.5 Å². The van der Waals surface area contributed by atoms with Gasteiger partial charge in [0, 0.05) is 19.4 Å². The van der Waals surface area contributed by atoms with E-state index in [0.29, 0.717) is 37.9 Å². The Morgan fingerprint density at radius 3 is 2.35 bits per heavy atom. The van der Waals surface area contributed by atoms with Crippen LogP contribution in [0.25, 0.3) is 0 Å². The van der Waals surface area contributed by atoms with Crippen LogP contribution in [0, 0.1) is 0 Å². The SMILES string of the molecule is CCOC(C/N=C/c1ccc(OC)c(OCc2ccccc2)c1)OCC. The molecule has 0 aliphatic rings. The van der Waals surface area contributed by atoms with E-state index < -0.39 is 0 Å². The molecule has 0 radical (unpaired) electrons. The molecule has 140 valence electrons. The van der Waals surface area contributed by atoms with E-state index in [0.717, 1.165) is 11.1 Å². The van der Waals surface area contributed by atoms with E-state index in [1.807, 2.05) is 62.4 Å². The van der Waals surface area contributed by atoms with Crippen molar-refractivity contribution in [2.45, 2.75) is 26.7 Å². The molecule has 2 rings (SSSR count). The Bertz CT molecular complexity index is 667. The second-order valence-electron chi connectivity index (χ2n) is 5.52. The predicted molar refractivity (Wildman–Crippen MR) is 103 cm³/mol. The minimum absolute atomic E-state index is 0.312. The van der Waals surface area contributed by atoms with Crippen molar-refractivity contribution >= 4 is 6.21 Å². The minimum Gasteiger partial charge on any atom is -0.493 e. The average Bonchev–Trinajstić information content (AvgIpc) is 2.67. The van der Waals surface area contributed by atoms with Gasteiger partial charge in [0.15, 0.2) is 17.8 Å². The van der Waals surface area contributed by atoms with E-state index in [9.17, 15) is 0 Å². The van der Waals surface area contributed by atoms with E-state index in [1.165, 1.54) is 0 Å². The van der Waals surface area contributed by atoms with Crippen LogP contribution in [0.5, 0.6) is 11.5 Å².